The van der Waals surface area contributed by atoms with E-state index >= 15 is 0 Å². The van der Waals surface area contributed by atoms with E-state index in [1.54, 1.807) is 18.2 Å². The Bertz CT molecular complexity index is 314. The molecule has 66 valence electrons. The molecule has 0 aliphatic rings. The van der Waals surface area contributed by atoms with Gasteiger partial charge < -0.3 is 5.32 Å². The summed E-state index contributed by atoms with van der Waals surface area (Å²) in [4.78, 5) is 20.1. The molecule has 1 rings (SSSR count). The monoisotopic (exact) mass is 175 g/mol. The van der Waals surface area contributed by atoms with Crippen LogP contribution in [0.5, 0.6) is 0 Å². The third-order valence-corrected chi connectivity index (χ3v) is 1.50. The summed E-state index contributed by atoms with van der Waals surface area (Å²) in [6.45, 7) is 0. The van der Waals surface area contributed by atoms with Crippen molar-refractivity contribution in [1.82, 2.24) is 0 Å². The quantitative estimate of drug-likeness (QED) is 0.556. The second-order valence-electron chi connectivity index (χ2n) is 2.38. The summed E-state index contributed by atoms with van der Waals surface area (Å²) in [5.74, 6) is 0. The van der Waals surface area contributed by atoms with Crippen molar-refractivity contribution in [1.29, 1.82) is 0 Å². The zero-order valence-corrected chi connectivity index (χ0v) is 6.94. The van der Waals surface area contributed by atoms with Gasteiger partial charge >= 0.3 is 0 Å². The van der Waals surface area contributed by atoms with Crippen LogP contribution in [0.4, 0.5) is 5.69 Å². The topological polar surface area (TPSA) is 46.2 Å². The number of allylic oxidation sites excluding steroid dienone is 1. The van der Waals surface area contributed by atoms with Crippen molar-refractivity contribution >= 4 is 24.5 Å². The lowest BCUT2D eigenvalue weighted by atomic mass is 10.2. The molecule has 0 aliphatic heterocycles. The Labute approximate surface area is 76.1 Å². The van der Waals surface area contributed by atoms with Crippen LogP contribution >= 0.6 is 0 Å². The van der Waals surface area contributed by atoms with Crippen molar-refractivity contribution in [3.8, 4) is 0 Å². The molecule has 0 aliphatic carbocycles. The van der Waals surface area contributed by atoms with Gasteiger partial charge in [-0.2, -0.15) is 0 Å². The average molecular weight is 175 g/mol. The maximum absolute atomic E-state index is 10.1. The van der Waals surface area contributed by atoms with Gasteiger partial charge in [0.15, 0.2) is 0 Å². The Hall–Kier alpha value is -1.90. The smallest absolute Gasteiger partial charge is 0.211 e. The Balaban J connectivity index is 2.74. The van der Waals surface area contributed by atoms with Crippen molar-refractivity contribution in [3.05, 3.63) is 35.9 Å². The summed E-state index contributed by atoms with van der Waals surface area (Å²) < 4.78 is 0. The van der Waals surface area contributed by atoms with Gasteiger partial charge in [0.1, 0.15) is 6.29 Å². The van der Waals surface area contributed by atoms with Crippen molar-refractivity contribution in [3.63, 3.8) is 0 Å². The van der Waals surface area contributed by atoms with Gasteiger partial charge in [0, 0.05) is 5.69 Å². The minimum Gasteiger partial charge on any atom is -0.329 e. The van der Waals surface area contributed by atoms with E-state index in [2.05, 4.69) is 5.32 Å². The summed E-state index contributed by atoms with van der Waals surface area (Å²) in [5.41, 5.74) is 1.65. The highest BCUT2D eigenvalue weighted by molar-refractivity contribution is 5.75. The van der Waals surface area contributed by atoms with Gasteiger partial charge in [-0.05, 0) is 23.8 Å². The number of rotatable bonds is 4. The summed E-state index contributed by atoms with van der Waals surface area (Å²) in [7, 11) is 0. The standard InChI is InChI=1S/C10H9NO2/c12-7-1-2-9-3-5-10(6-4-9)11-8-13/h1-8H,(H,11,13)/b2-1+. The van der Waals surface area contributed by atoms with Crippen LogP contribution < -0.4 is 5.32 Å². The molecular formula is C10H9NO2. The van der Waals surface area contributed by atoms with Crippen LogP contribution in [-0.2, 0) is 9.59 Å². The van der Waals surface area contributed by atoms with E-state index in [1.807, 2.05) is 12.1 Å². The van der Waals surface area contributed by atoms with Gasteiger partial charge in [-0.1, -0.05) is 18.2 Å². The molecule has 0 spiro atoms. The van der Waals surface area contributed by atoms with Crippen LogP contribution in [-0.4, -0.2) is 12.7 Å². The Morgan fingerprint density at radius 3 is 2.31 bits per heavy atom. The summed E-state index contributed by atoms with van der Waals surface area (Å²) in [5, 5.41) is 2.52. The van der Waals surface area contributed by atoms with Crippen molar-refractivity contribution < 1.29 is 9.59 Å². The number of nitrogens with one attached hydrogen (secondary N) is 1. The van der Waals surface area contributed by atoms with Crippen LogP contribution in [0.1, 0.15) is 5.56 Å². The van der Waals surface area contributed by atoms with Crippen molar-refractivity contribution in [2.75, 3.05) is 5.32 Å². The minimum absolute atomic E-state index is 0.621. The predicted octanol–water partition coefficient (Wildman–Crippen LogP) is 1.47. The Morgan fingerprint density at radius 2 is 1.77 bits per heavy atom. The molecule has 1 N–H and O–H groups in total. The summed E-state index contributed by atoms with van der Waals surface area (Å²) in [6, 6.07) is 7.15. The maximum atomic E-state index is 10.1. The number of hydrogen-bond acceptors (Lipinski definition) is 2. The first-order valence-corrected chi connectivity index (χ1v) is 3.79. The van der Waals surface area contributed by atoms with Gasteiger partial charge in [0.05, 0.1) is 0 Å². The molecule has 0 atom stereocenters. The van der Waals surface area contributed by atoms with E-state index in [1.165, 1.54) is 6.08 Å². The molecule has 0 saturated heterocycles. The molecule has 13 heavy (non-hydrogen) atoms. The number of carbonyl (C=O) groups excluding carboxylic acids is 2. The molecule has 1 amide bonds. The lowest BCUT2D eigenvalue weighted by molar-refractivity contribution is -0.105. The third-order valence-electron chi connectivity index (χ3n) is 1.50. The predicted molar refractivity (Wildman–Crippen MR) is 51.2 cm³/mol. The molecule has 0 saturated carbocycles. The highest BCUT2D eigenvalue weighted by atomic mass is 16.1. The largest absolute Gasteiger partial charge is 0.329 e. The highest BCUT2D eigenvalue weighted by Gasteiger charge is 1.88. The van der Waals surface area contributed by atoms with E-state index in [-0.39, 0.29) is 0 Å². The lowest BCUT2D eigenvalue weighted by Crippen LogP contribution is -1.92. The average Bonchev–Trinajstić information content (AvgIpc) is 2.17. The van der Waals surface area contributed by atoms with E-state index < -0.39 is 0 Å². The first kappa shape index (κ1) is 9.19. The first-order chi connectivity index (χ1) is 6.36. The van der Waals surface area contributed by atoms with Gasteiger partial charge in [-0.25, -0.2) is 0 Å². The van der Waals surface area contributed by atoms with Gasteiger partial charge in [-0.3, -0.25) is 9.59 Å². The zero-order chi connectivity index (χ0) is 9.52. The molecule has 0 unspecified atom stereocenters. The molecule has 1 aromatic carbocycles. The zero-order valence-electron chi connectivity index (χ0n) is 6.94. The second-order valence-corrected chi connectivity index (χ2v) is 2.38. The highest BCUT2D eigenvalue weighted by Crippen LogP contribution is 2.09. The Morgan fingerprint density at radius 1 is 1.08 bits per heavy atom. The van der Waals surface area contributed by atoms with Crippen LogP contribution in [0, 0.1) is 0 Å². The minimum atomic E-state index is 0.621. The molecular weight excluding hydrogens is 166 g/mol. The number of anilines is 1. The summed E-state index contributed by atoms with van der Waals surface area (Å²) in [6.07, 6.45) is 4.45. The van der Waals surface area contributed by atoms with Crippen LogP contribution in [0.2, 0.25) is 0 Å². The normalized spacial score (nSPS) is 9.85. The number of aldehydes is 1. The Kier molecular flexibility index (Phi) is 3.45. The van der Waals surface area contributed by atoms with E-state index in [4.69, 9.17) is 0 Å². The molecule has 1 aromatic rings. The van der Waals surface area contributed by atoms with Gasteiger partial charge in [-0.15, -0.1) is 0 Å². The van der Waals surface area contributed by atoms with Crippen molar-refractivity contribution in [2.45, 2.75) is 0 Å². The molecule has 0 fully saturated rings. The molecule has 3 nitrogen and oxygen atoms in total. The molecule has 3 heteroatoms. The van der Waals surface area contributed by atoms with Crippen LogP contribution in [0.3, 0.4) is 0 Å². The molecule has 0 aromatic heterocycles. The number of carbonyl (C=O) groups is 2. The molecule has 0 radical (unpaired) electrons. The van der Waals surface area contributed by atoms with Crippen LogP contribution in [0.25, 0.3) is 6.08 Å². The first-order valence-electron chi connectivity index (χ1n) is 3.79. The third kappa shape index (κ3) is 2.91. The van der Waals surface area contributed by atoms with E-state index in [0.717, 1.165) is 17.5 Å². The molecule has 0 heterocycles. The SMILES string of the molecule is O=C/C=C/c1ccc(NC=O)cc1. The fraction of sp³-hybridized carbons (Fsp3) is 0. The van der Waals surface area contributed by atoms with Gasteiger partial charge in [0.25, 0.3) is 0 Å². The van der Waals surface area contributed by atoms with Gasteiger partial charge in [0.2, 0.25) is 6.41 Å². The number of hydrogen-bond donors (Lipinski definition) is 1. The number of benzene rings is 1. The fourth-order valence-electron chi connectivity index (χ4n) is 0.909. The lowest BCUT2D eigenvalue weighted by Gasteiger charge is -1.97. The van der Waals surface area contributed by atoms with Crippen LogP contribution in [0.15, 0.2) is 30.3 Å². The molecule has 0 bridgehead atoms. The summed E-state index contributed by atoms with van der Waals surface area (Å²) >= 11 is 0. The van der Waals surface area contributed by atoms with E-state index in [9.17, 15) is 9.59 Å². The van der Waals surface area contributed by atoms with Crippen molar-refractivity contribution in [2.24, 2.45) is 0 Å². The fourth-order valence-corrected chi connectivity index (χ4v) is 0.909. The van der Waals surface area contributed by atoms with E-state index in [0.29, 0.717) is 6.41 Å². The maximum Gasteiger partial charge on any atom is 0.211 e. The second kappa shape index (κ2) is 4.87. The number of amides is 1.